The zero-order chi connectivity index (χ0) is 20.4. The number of hydrazine groups is 1. The standard InChI is InChI=1S/C18H26N2O7/c1-6-24-17(22)26-14(4)20(15(5)27-18(23)25-7-2)19(13(3)21)16-11-9-8-10-12-16/h8-12,14-15H,6-7H2,1-5H3. The van der Waals surface area contributed by atoms with Crippen molar-refractivity contribution in [1.82, 2.24) is 5.01 Å². The van der Waals surface area contributed by atoms with Crippen molar-refractivity contribution >= 4 is 23.9 Å². The Morgan fingerprint density at radius 3 is 1.70 bits per heavy atom. The Morgan fingerprint density at radius 1 is 0.889 bits per heavy atom. The SMILES string of the molecule is CCOC(=O)OC(C)N(C(C)OC(=O)OCC)N(C(C)=O)c1ccccc1. The lowest BCUT2D eigenvalue weighted by Crippen LogP contribution is -2.57. The molecule has 2 atom stereocenters. The Balaban J connectivity index is 3.18. The van der Waals surface area contributed by atoms with E-state index in [4.69, 9.17) is 18.9 Å². The molecule has 0 aliphatic heterocycles. The van der Waals surface area contributed by atoms with E-state index < -0.39 is 24.8 Å². The fourth-order valence-corrected chi connectivity index (χ4v) is 2.36. The molecule has 0 heterocycles. The van der Waals surface area contributed by atoms with Crippen LogP contribution in [0.1, 0.15) is 34.6 Å². The van der Waals surface area contributed by atoms with Crippen molar-refractivity contribution in [2.24, 2.45) is 0 Å². The van der Waals surface area contributed by atoms with Gasteiger partial charge < -0.3 is 18.9 Å². The smallest absolute Gasteiger partial charge is 0.435 e. The minimum Gasteiger partial charge on any atom is -0.435 e. The van der Waals surface area contributed by atoms with E-state index in [-0.39, 0.29) is 19.1 Å². The number of benzene rings is 1. The van der Waals surface area contributed by atoms with E-state index in [0.29, 0.717) is 5.69 Å². The van der Waals surface area contributed by atoms with Gasteiger partial charge in [-0.25, -0.2) is 14.6 Å². The van der Waals surface area contributed by atoms with Gasteiger partial charge in [0.25, 0.3) is 0 Å². The van der Waals surface area contributed by atoms with Gasteiger partial charge in [-0.3, -0.25) is 4.79 Å². The van der Waals surface area contributed by atoms with Crippen LogP contribution in [0.3, 0.4) is 0 Å². The summed E-state index contributed by atoms with van der Waals surface area (Å²) in [4.78, 5) is 35.8. The minimum atomic E-state index is -0.988. The van der Waals surface area contributed by atoms with Crippen molar-refractivity contribution in [3.8, 4) is 0 Å². The van der Waals surface area contributed by atoms with Gasteiger partial charge in [-0.2, -0.15) is 0 Å². The highest BCUT2D eigenvalue weighted by Crippen LogP contribution is 2.22. The van der Waals surface area contributed by atoms with E-state index in [9.17, 15) is 14.4 Å². The number of anilines is 1. The lowest BCUT2D eigenvalue weighted by molar-refractivity contribution is -0.142. The van der Waals surface area contributed by atoms with Crippen LogP contribution in [0.2, 0.25) is 0 Å². The summed E-state index contributed by atoms with van der Waals surface area (Å²) in [6.07, 6.45) is -3.79. The molecule has 0 aliphatic carbocycles. The molecule has 0 aromatic heterocycles. The summed E-state index contributed by atoms with van der Waals surface area (Å²) < 4.78 is 20.0. The van der Waals surface area contributed by atoms with Gasteiger partial charge in [-0.15, -0.1) is 5.01 Å². The van der Waals surface area contributed by atoms with Crippen LogP contribution in [-0.2, 0) is 23.7 Å². The van der Waals surface area contributed by atoms with Crippen LogP contribution in [0.25, 0.3) is 0 Å². The van der Waals surface area contributed by atoms with Crippen LogP contribution in [0.4, 0.5) is 15.3 Å². The monoisotopic (exact) mass is 382 g/mol. The summed E-state index contributed by atoms with van der Waals surface area (Å²) in [6, 6.07) is 8.68. The van der Waals surface area contributed by atoms with Crippen molar-refractivity contribution in [2.75, 3.05) is 18.2 Å². The van der Waals surface area contributed by atoms with Crippen LogP contribution in [0.15, 0.2) is 30.3 Å². The Hall–Kier alpha value is -2.81. The van der Waals surface area contributed by atoms with Gasteiger partial charge in [0.2, 0.25) is 5.91 Å². The number of amides is 1. The van der Waals surface area contributed by atoms with Crippen molar-refractivity contribution in [1.29, 1.82) is 0 Å². The maximum absolute atomic E-state index is 12.4. The molecule has 0 aliphatic rings. The van der Waals surface area contributed by atoms with E-state index in [1.54, 1.807) is 44.2 Å². The molecule has 0 radical (unpaired) electrons. The first-order valence-electron chi connectivity index (χ1n) is 8.62. The maximum Gasteiger partial charge on any atom is 0.509 e. The average molecular weight is 382 g/mol. The third-order valence-electron chi connectivity index (χ3n) is 3.33. The minimum absolute atomic E-state index is 0.134. The molecular weight excluding hydrogens is 356 g/mol. The highest BCUT2D eigenvalue weighted by atomic mass is 16.7. The predicted molar refractivity (Wildman–Crippen MR) is 96.6 cm³/mol. The third-order valence-corrected chi connectivity index (χ3v) is 3.33. The number of ether oxygens (including phenoxy) is 4. The van der Waals surface area contributed by atoms with E-state index in [2.05, 4.69) is 0 Å². The zero-order valence-corrected chi connectivity index (χ0v) is 16.2. The predicted octanol–water partition coefficient (Wildman–Crippen LogP) is 3.29. The van der Waals surface area contributed by atoms with Gasteiger partial charge in [-0.05, 0) is 39.8 Å². The van der Waals surface area contributed by atoms with E-state index in [1.165, 1.54) is 30.8 Å². The lowest BCUT2D eigenvalue weighted by Gasteiger charge is -2.40. The molecular formula is C18H26N2O7. The molecule has 0 fully saturated rings. The molecule has 1 aromatic carbocycles. The summed E-state index contributed by atoms with van der Waals surface area (Å²) in [6.45, 7) is 7.95. The van der Waals surface area contributed by atoms with Gasteiger partial charge in [0, 0.05) is 6.92 Å². The average Bonchev–Trinajstić information content (AvgIpc) is 2.59. The second kappa shape index (κ2) is 11.0. The molecule has 1 rings (SSSR count). The van der Waals surface area contributed by atoms with Crippen LogP contribution >= 0.6 is 0 Å². The van der Waals surface area contributed by atoms with Gasteiger partial charge >= 0.3 is 12.3 Å². The van der Waals surface area contributed by atoms with Gasteiger partial charge in [0.05, 0.1) is 18.9 Å². The Morgan fingerprint density at radius 2 is 1.33 bits per heavy atom. The van der Waals surface area contributed by atoms with Crippen LogP contribution in [0.5, 0.6) is 0 Å². The fourth-order valence-electron chi connectivity index (χ4n) is 2.36. The summed E-state index contributed by atoms with van der Waals surface area (Å²) in [5.41, 5.74) is 0.503. The number of hydrogen-bond acceptors (Lipinski definition) is 8. The summed E-state index contributed by atoms with van der Waals surface area (Å²) in [5, 5.41) is 2.57. The number of hydrogen-bond donors (Lipinski definition) is 0. The van der Waals surface area contributed by atoms with Gasteiger partial charge in [-0.1, -0.05) is 18.2 Å². The summed E-state index contributed by atoms with van der Waals surface area (Å²) in [7, 11) is 0. The van der Waals surface area contributed by atoms with Crippen LogP contribution < -0.4 is 5.01 Å². The maximum atomic E-state index is 12.4. The number of para-hydroxylation sites is 1. The van der Waals surface area contributed by atoms with Crippen LogP contribution in [0, 0.1) is 0 Å². The van der Waals surface area contributed by atoms with E-state index in [0.717, 1.165) is 0 Å². The van der Waals surface area contributed by atoms with Crippen molar-refractivity contribution in [3.05, 3.63) is 30.3 Å². The Labute approximate surface area is 158 Å². The second-order valence-corrected chi connectivity index (χ2v) is 5.35. The zero-order valence-electron chi connectivity index (χ0n) is 16.2. The Bertz CT molecular complexity index is 597. The molecule has 150 valence electrons. The second-order valence-electron chi connectivity index (χ2n) is 5.35. The first-order valence-corrected chi connectivity index (χ1v) is 8.62. The van der Waals surface area contributed by atoms with E-state index in [1.807, 2.05) is 0 Å². The van der Waals surface area contributed by atoms with Gasteiger partial charge in [0.15, 0.2) is 12.5 Å². The van der Waals surface area contributed by atoms with Crippen molar-refractivity contribution < 1.29 is 33.3 Å². The molecule has 0 spiro atoms. The Kier molecular flexibility index (Phi) is 9.07. The number of nitrogens with zero attached hydrogens (tertiary/aromatic N) is 2. The fraction of sp³-hybridized carbons (Fsp3) is 0.500. The third kappa shape index (κ3) is 6.78. The van der Waals surface area contributed by atoms with Crippen LogP contribution in [-0.4, -0.2) is 48.9 Å². The molecule has 2 unspecified atom stereocenters. The largest absolute Gasteiger partial charge is 0.509 e. The summed E-state index contributed by atoms with van der Waals surface area (Å²) >= 11 is 0. The topological polar surface area (TPSA) is 94.6 Å². The molecule has 9 heteroatoms. The number of carbonyl (C=O) groups excluding carboxylic acids is 3. The van der Waals surface area contributed by atoms with E-state index >= 15 is 0 Å². The summed E-state index contributed by atoms with van der Waals surface area (Å²) in [5.74, 6) is -0.375. The molecule has 1 aromatic rings. The number of carbonyl (C=O) groups is 3. The molecule has 9 nitrogen and oxygen atoms in total. The number of rotatable bonds is 8. The molecule has 1 amide bonds. The first-order chi connectivity index (χ1) is 12.8. The lowest BCUT2D eigenvalue weighted by atomic mass is 10.3. The first kappa shape index (κ1) is 22.2. The molecule has 0 bridgehead atoms. The molecule has 27 heavy (non-hydrogen) atoms. The van der Waals surface area contributed by atoms with Crippen molar-refractivity contribution in [2.45, 2.75) is 47.1 Å². The molecule has 0 saturated heterocycles. The molecule has 0 saturated carbocycles. The molecule has 0 N–H and O–H groups in total. The van der Waals surface area contributed by atoms with Gasteiger partial charge in [0.1, 0.15) is 0 Å². The normalized spacial score (nSPS) is 12.7. The highest BCUT2D eigenvalue weighted by molar-refractivity contribution is 5.90. The van der Waals surface area contributed by atoms with Crippen molar-refractivity contribution in [3.63, 3.8) is 0 Å². The quantitative estimate of drug-likeness (QED) is 0.384. The highest BCUT2D eigenvalue weighted by Gasteiger charge is 2.34.